The number of aryl methyl sites for hydroxylation is 1. The minimum atomic E-state index is -0.0472. The van der Waals surface area contributed by atoms with Crippen LogP contribution in [0, 0.1) is 6.92 Å². The first-order valence-corrected chi connectivity index (χ1v) is 7.10. The summed E-state index contributed by atoms with van der Waals surface area (Å²) in [5, 5.41) is 4.94. The van der Waals surface area contributed by atoms with Crippen molar-refractivity contribution in [3.63, 3.8) is 0 Å². The number of hydrogen-bond donors (Lipinski definition) is 1. The monoisotopic (exact) mass is 274 g/mol. The van der Waals surface area contributed by atoms with Gasteiger partial charge in [-0.1, -0.05) is 35.9 Å². The van der Waals surface area contributed by atoms with Crippen LogP contribution >= 0.6 is 11.3 Å². The third kappa shape index (κ3) is 4.10. The van der Waals surface area contributed by atoms with Crippen LogP contribution in [-0.2, 0) is 13.1 Å². The predicted octanol–water partition coefficient (Wildman–Crippen LogP) is 3.40. The minimum Gasteiger partial charge on any atom is -0.334 e. The zero-order valence-corrected chi connectivity index (χ0v) is 12.0. The van der Waals surface area contributed by atoms with Crippen LogP contribution in [0.25, 0.3) is 0 Å². The van der Waals surface area contributed by atoms with Gasteiger partial charge in [0.15, 0.2) is 0 Å². The summed E-state index contributed by atoms with van der Waals surface area (Å²) < 4.78 is 0. The van der Waals surface area contributed by atoms with Gasteiger partial charge in [0.1, 0.15) is 0 Å². The molecular formula is C15H18N2OS. The fourth-order valence-corrected chi connectivity index (χ4v) is 2.48. The molecular weight excluding hydrogens is 256 g/mol. The highest BCUT2D eigenvalue weighted by molar-refractivity contribution is 7.09. The van der Waals surface area contributed by atoms with Crippen LogP contribution in [0.1, 0.15) is 16.0 Å². The number of carbonyl (C=O) groups is 1. The molecule has 4 heteroatoms. The van der Waals surface area contributed by atoms with Crippen molar-refractivity contribution in [2.45, 2.75) is 20.0 Å². The van der Waals surface area contributed by atoms with Crippen LogP contribution in [0.15, 0.2) is 41.8 Å². The van der Waals surface area contributed by atoms with E-state index >= 15 is 0 Å². The normalized spacial score (nSPS) is 10.2. The molecule has 19 heavy (non-hydrogen) atoms. The third-order valence-corrected chi connectivity index (χ3v) is 3.75. The Bertz CT molecular complexity index is 520. The summed E-state index contributed by atoms with van der Waals surface area (Å²) in [4.78, 5) is 14.8. The lowest BCUT2D eigenvalue weighted by Gasteiger charge is -2.17. The lowest BCUT2D eigenvalue weighted by atomic mass is 10.1. The highest BCUT2D eigenvalue weighted by Crippen LogP contribution is 2.10. The Balaban J connectivity index is 1.82. The Morgan fingerprint density at radius 3 is 2.63 bits per heavy atom. The molecule has 2 rings (SSSR count). The Morgan fingerprint density at radius 2 is 2.00 bits per heavy atom. The molecule has 0 unspecified atom stereocenters. The number of rotatable bonds is 4. The molecule has 100 valence electrons. The van der Waals surface area contributed by atoms with Crippen molar-refractivity contribution >= 4 is 17.4 Å². The molecule has 0 radical (unpaired) electrons. The molecule has 0 fully saturated rings. The minimum absolute atomic E-state index is 0.0472. The number of hydrogen-bond acceptors (Lipinski definition) is 2. The van der Waals surface area contributed by atoms with Gasteiger partial charge in [0.05, 0.1) is 6.54 Å². The largest absolute Gasteiger partial charge is 0.334 e. The average molecular weight is 274 g/mol. The van der Waals surface area contributed by atoms with Crippen LogP contribution in [0.5, 0.6) is 0 Å². The van der Waals surface area contributed by atoms with E-state index in [-0.39, 0.29) is 6.03 Å². The second-order valence-electron chi connectivity index (χ2n) is 4.58. The second kappa shape index (κ2) is 6.38. The summed E-state index contributed by atoms with van der Waals surface area (Å²) in [6.45, 7) is 3.27. The second-order valence-corrected chi connectivity index (χ2v) is 5.61. The fraction of sp³-hybridized carbons (Fsp3) is 0.267. The number of carbonyl (C=O) groups excluding carboxylic acids is 1. The molecule has 0 spiro atoms. The summed E-state index contributed by atoms with van der Waals surface area (Å²) in [5.41, 5.74) is 2.34. The molecule has 0 atom stereocenters. The Labute approximate surface area is 117 Å². The molecule has 1 aromatic heterocycles. The van der Waals surface area contributed by atoms with Crippen molar-refractivity contribution in [2.75, 3.05) is 7.05 Å². The average Bonchev–Trinajstić information content (AvgIpc) is 2.90. The number of benzene rings is 1. The quantitative estimate of drug-likeness (QED) is 0.910. The first-order chi connectivity index (χ1) is 9.15. The van der Waals surface area contributed by atoms with Gasteiger partial charge in [-0.2, -0.15) is 0 Å². The number of nitrogens with one attached hydrogen (secondary N) is 1. The Hall–Kier alpha value is -1.81. The van der Waals surface area contributed by atoms with Crippen molar-refractivity contribution in [3.05, 3.63) is 57.8 Å². The van der Waals surface area contributed by atoms with Gasteiger partial charge in [0, 0.05) is 18.5 Å². The number of urea groups is 1. The van der Waals surface area contributed by atoms with Crippen LogP contribution in [0.3, 0.4) is 0 Å². The number of thiophene rings is 1. The molecule has 1 N–H and O–H groups in total. The summed E-state index contributed by atoms with van der Waals surface area (Å²) >= 11 is 1.66. The van der Waals surface area contributed by atoms with Crippen molar-refractivity contribution in [1.29, 1.82) is 0 Å². The van der Waals surface area contributed by atoms with E-state index in [2.05, 4.69) is 24.4 Å². The van der Waals surface area contributed by atoms with Gasteiger partial charge in [-0.05, 0) is 23.9 Å². The molecule has 3 nitrogen and oxygen atoms in total. The maximum absolute atomic E-state index is 11.9. The standard InChI is InChI=1S/C15H18N2OS/c1-12-5-7-13(8-6-12)10-16-15(18)17(2)11-14-4-3-9-19-14/h3-9H,10-11H2,1-2H3,(H,16,18). The third-order valence-electron chi connectivity index (χ3n) is 2.88. The van der Waals surface area contributed by atoms with E-state index < -0.39 is 0 Å². The van der Waals surface area contributed by atoms with Gasteiger partial charge in [0.2, 0.25) is 0 Å². The molecule has 0 bridgehead atoms. The van der Waals surface area contributed by atoms with E-state index in [1.54, 1.807) is 16.2 Å². The maximum atomic E-state index is 11.9. The summed E-state index contributed by atoms with van der Waals surface area (Å²) in [5.74, 6) is 0. The molecule has 2 aromatic rings. The van der Waals surface area contributed by atoms with Crippen LogP contribution in [0.4, 0.5) is 4.79 Å². The summed E-state index contributed by atoms with van der Waals surface area (Å²) in [6, 6.07) is 12.2. The summed E-state index contributed by atoms with van der Waals surface area (Å²) in [6.07, 6.45) is 0. The van der Waals surface area contributed by atoms with E-state index in [1.807, 2.05) is 36.7 Å². The molecule has 1 aromatic carbocycles. The van der Waals surface area contributed by atoms with Crippen LogP contribution in [-0.4, -0.2) is 18.0 Å². The molecule has 2 amide bonds. The van der Waals surface area contributed by atoms with Gasteiger partial charge in [-0.3, -0.25) is 0 Å². The first kappa shape index (κ1) is 13.6. The van der Waals surface area contributed by atoms with E-state index in [0.29, 0.717) is 13.1 Å². The number of amides is 2. The van der Waals surface area contributed by atoms with E-state index in [9.17, 15) is 4.79 Å². The van der Waals surface area contributed by atoms with Crippen molar-refractivity contribution in [2.24, 2.45) is 0 Å². The van der Waals surface area contributed by atoms with Gasteiger partial charge < -0.3 is 10.2 Å². The van der Waals surface area contributed by atoms with Crippen molar-refractivity contribution < 1.29 is 4.79 Å². The van der Waals surface area contributed by atoms with Crippen molar-refractivity contribution in [1.82, 2.24) is 10.2 Å². The highest BCUT2D eigenvalue weighted by Gasteiger charge is 2.08. The van der Waals surface area contributed by atoms with E-state index in [4.69, 9.17) is 0 Å². The van der Waals surface area contributed by atoms with Crippen molar-refractivity contribution in [3.8, 4) is 0 Å². The van der Waals surface area contributed by atoms with Gasteiger partial charge in [-0.15, -0.1) is 11.3 Å². The van der Waals surface area contributed by atoms with Crippen LogP contribution in [0.2, 0.25) is 0 Å². The molecule has 0 saturated carbocycles. The Kier molecular flexibility index (Phi) is 4.58. The molecule has 0 saturated heterocycles. The van der Waals surface area contributed by atoms with E-state index in [0.717, 1.165) is 5.56 Å². The predicted molar refractivity (Wildman–Crippen MR) is 79.2 cm³/mol. The zero-order chi connectivity index (χ0) is 13.7. The molecule has 0 aliphatic heterocycles. The SMILES string of the molecule is Cc1ccc(CNC(=O)N(C)Cc2cccs2)cc1. The molecule has 0 aliphatic carbocycles. The van der Waals surface area contributed by atoms with Gasteiger partial charge in [0.25, 0.3) is 0 Å². The van der Waals surface area contributed by atoms with Crippen LogP contribution < -0.4 is 5.32 Å². The summed E-state index contributed by atoms with van der Waals surface area (Å²) in [7, 11) is 1.81. The Morgan fingerprint density at radius 1 is 1.26 bits per heavy atom. The smallest absolute Gasteiger partial charge is 0.317 e. The lowest BCUT2D eigenvalue weighted by molar-refractivity contribution is 0.207. The zero-order valence-electron chi connectivity index (χ0n) is 11.2. The highest BCUT2D eigenvalue weighted by atomic mass is 32.1. The lowest BCUT2D eigenvalue weighted by Crippen LogP contribution is -2.36. The molecule has 0 aliphatic rings. The first-order valence-electron chi connectivity index (χ1n) is 6.22. The topological polar surface area (TPSA) is 32.3 Å². The van der Waals surface area contributed by atoms with Gasteiger partial charge in [-0.25, -0.2) is 4.79 Å². The maximum Gasteiger partial charge on any atom is 0.317 e. The van der Waals surface area contributed by atoms with Gasteiger partial charge >= 0.3 is 6.03 Å². The molecule has 1 heterocycles. The fourth-order valence-electron chi connectivity index (χ4n) is 1.73. The number of nitrogens with zero attached hydrogens (tertiary/aromatic N) is 1. The van der Waals surface area contributed by atoms with E-state index in [1.165, 1.54) is 10.4 Å².